The third-order valence-corrected chi connectivity index (χ3v) is 14.9. The zero-order chi connectivity index (χ0) is 49.2. The van der Waals surface area contributed by atoms with Gasteiger partial charge in [-0.2, -0.15) is 0 Å². The van der Waals surface area contributed by atoms with Gasteiger partial charge in [0, 0.05) is 6.42 Å². The molecular weight excluding hydrogens is 831 g/mol. The fraction of sp³-hybridized carbons (Fsp3) is 0.922. The maximum Gasteiger partial charge on any atom is 0.220 e. The second-order valence-corrected chi connectivity index (χ2v) is 21.8. The van der Waals surface area contributed by atoms with Crippen molar-refractivity contribution in [3.63, 3.8) is 0 Å². The smallest absolute Gasteiger partial charge is 0.220 e. The van der Waals surface area contributed by atoms with Crippen molar-refractivity contribution in [2.75, 3.05) is 6.61 Å². The third-order valence-electron chi connectivity index (χ3n) is 14.9. The topological polar surface area (TPSA) is 69.6 Å². The fourth-order valence-corrected chi connectivity index (χ4v) is 10.1. The predicted octanol–water partition coefficient (Wildman–Crippen LogP) is 21.0. The van der Waals surface area contributed by atoms with Crippen molar-refractivity contribution >= 4 is 5.91 Å². The van der Waals surface area contributed by atoms with E-state index >= 15 is 0 Å². The second kappa shape index (κ2) is 60.2. The fourth-order valence-electron chi connectivity index (χ4n) is 10.1. The van der Waals surface area contributed by atoms with Crippen LogP contribution in [0.3, 0.4) is 0 Å². The molecule has 0 aliphatic rings. The SMILES string of the molecule is CCCCCCCCCCCCCCC/C=C/CC/C=C/C(O)C(CO)NC(=O)CCCCCCCCCCCCCCCCCCCCCCCCCCCCCCCCCCCCCCC. The summed E-state index contributed by atoms with van der Waals surface area (Å²) in [5.74, 6) is -0.0658. The zero-order valence-corrected chi connectivity index (χ0v) is 46.7. The molecule has 0 spiro atoms. The van der Waals surface area contributed by atoms with E-state index in [9.17, 15) is 15.0 Å². The van der Waals surface area contributed by atoms with Crippen molar-refractivity contribution < 1.29 is 15.0 Å². The first-order valence-electron chi connectivity index (χ1n) is 31.6. The molecule has 0 aliphatic carbocycles. The van der Waals surface area contributed by atoms with E-state index in [0.29, 0.717) is 6.42 Å². The molecular formula is C64H125NO3. The highest BCUT2D eigenvalue weighted by atomic mass is 16.3. The maximum absolute atomic E-state index is 12.5. The molecule has 3 N–H and O–H groups in total. The lowest BCUT2D eigenvalue weighted by molar-refractivity contribution is -0.123. The Morgan fingerprint density at radius 1 is 0.338 bits per heavy atom. The van der Waals surface area contributed by atoms with Gasteiger partial charge in [-0.15, -0.1) is 0 Å². The first-order valence-corrected chi connectivity index (χ1v) is 31.6. The minimum absolute atomic E-state index is 0.0658. The summed E-state index contributed by atoms with van der Waals surface area (Å²) in [6, 6.07) is -0.636. The molecule has 0 aromatic carbocycles. The van der Waals surface area contributed by atoms with Crippen LogP contribution in [0.15, 0.2) is 24.3 Å². The number of carbonyl (C=O) groups is 1. The Kier molecular flexibility index (Phi) is 59.2. The van der Waals surface area contributed by atoms with Crippen LogP contribution in [-0.4, -0.2) is 34.9 Å². The van der Waals surface area contributed by atoms with E-state index in [1.807, 2.05) is 6.08 Å². The van der Waals surface area contributed by atoms with Gasteiger partial charge in [0.15, 0.2) is 0 Å². The molecule has 0 saturated heterocycles. The Labute approximate surface area is 428 Å². The number of aliphatic hydroxyl groups excluding tert-OH is 2. The molecule has 0 aromatic rings. The van der Waals surface area contributed by atoms with Crippen LogP contribution in [-0.2, 0) is 4.79 Å². The first kappa shape index (κ1) is 66.9. The number of unbranched alkanes of at least 4 members (excludes halogenated alkanes) is 50. The molecule has 0 heterocycles. The highest BCUT2D eigenvalue weighted by Gasteiger charge is 2.18. The number of hydrogen-bond donors (Lipinski definition) is 3. The Bertz CT molecular complexity index is 994. The molecule has 2 unspecified atom stereocenters. The summed E-state index contributed by atoms with van der Waals surface area (Å²) in [4.78, 5) is 12.5. The molecule has 0 saturated carbocycles. The van der Waals surface area contributed by atoms with E-state index in [0.717, 1.165) is 32.1 Å². The number of hydrogen-bond acceptors (Lipinski definition) is 3. The average Bonchev–Trinajstić information content (AvgIpc) is 3.34. The van der Waals surface area contributed by atoms with Gasteiger partial charge in [0.25, 0.3) is 0 Å². The summed E-state index contributed by atoms with van der Waals surface area (Å²) in [7, 11) is 0. The quantitative estimate of drug-likeness (QED) is 0.0420. The van der Waals surface area contributed by atoms with Crippen molar-refractivity contribution in [1.29, 1.82) is 0 Å². The predicted molar refractivity (Wildman–Crippen MR) is 304 cm³/mol. The van der Waals surface area contributed by atoms with Crippen LogP contribution < -0.4 is 5.32 Å². The Hall–Kier alpha value is -1.13. The lowest BCUT2D eigenvalue weighted by atomic mass is 10.0. The minimum atomic E-state index is -0.860. The van der Waals surface area contributed by atoms with Gasteiger partial charge in [0.05, 0.1) is 18.8 Å². The Morgan fingerprint density at radius 3 is 0.853 bits per heavy atom. The van der Waals surface area contributed by atoms with Crippen LogP contribution in [0.5, 0.6) is 0 Å². The van der Waals surface area contributed by atoms with Crippen LogP contribution >= 0.6 is 0 Å². The van der Waals surface area contributed by atoms with Gasteiger partial charge >= 0.3 is 0 Å². The largest absolute Gasteiger partial charge is 0.394 e. The van der Waals surface area contributed by atoms with Crippen LogP contribution in [0.25, 0.3) is 0 Å². The normalized spacial score (nSPS) is 12.8. The molecule has 0 rings (SSSR count). The van der Waals surface area contributed by atoms with Gasteiger partial charge in [-0.05, 0) is 32.1 Å². The molecule has 0 fully saturated rings. The van der Waals surface area contributed by atoms with Crippen LogP contribution in [0, 0.1) is 0 Å². The molecule has 0 aliphatic heterocycles. The average molecular weight is 957 g/mol. The molecule has 2 atom stereocenters. The van der Waals surface area contributed by atoms with Crippen molar-refractivity contribution in [2.45, 2.75) is 373 Å². The van der Waals surface area contributed by atoms with Crippen molar-refractivity contribution in [3.8, 4) is 0 Å². The minimum Gasteiger partial charge on any atom is -0.394 e. The van der Waals surface area contributed by atoms with E-state index in [1.54, 1.807) is 6.08 Å². The first-order chi connectivity index (χ1) is 33.7. The van der Waals surface area contributed by atoms with Crippen molar-refractivity contribution in [1.82, 2.24) is 5.32 Å². The molecule has 68 heavy (non-hydrogen) atoms. The number of nitrogens with one attached hydrogen (secondary N) is 1. The van der Waals surface area contributed by atoms with Gasteiger partial charge in [0.2, 0.25) is 5.91 Å². The molecule has 0 radical (unpaired) electrons. The van der Waals surface area contributed by atoms with Gasteiger partial charge in [0.1, 0.15) is 0 Å². The summed E-state index contributed by atoms with van der Waals surface area (Å²) in [5, 5.41) is 23.2. The Balaban J connectivity index is 3.40. The highest BCUT2D eigenvalue weighted by Crippen LogP contribution is 2.19. The van der Waals surface area contributed by atoms with Gasteiger partial charge in [-0.1, -0.05) is 346 Å². The van der Waals surface area contributed by atoms with Crippen LogP contribution in [0.1, 0.15) is 361 Å². The zero-order valence-electron chi connectivity index (χ0n) is 46.7. The summed E-state index contributed by atoms with van der Waals surface area (Å²) in [6.07, 6.45) is 81.0. The van der Waals surface area contributed by atoms with E-state index in [-0.39, 0.29) is 12.5 Å². The number of allylic oxidation sites excluding steroid dienone is 3. The molecule has 4 heteroatoms. The maximum atomic E-state index is 12.5. The number of amides is 1. The van der Waals surface area contributed by atoms with E-state index in [1.165, 1.54) is 308 Å². The number of rotatable bonds is 59. The standard InChI is InChI=1S/C64H125NO3/c1-3-5-7-9-11-13-15-17-19-21-23-24-25-26-27-28-29-30-31-32-33-34-35-36-37-38-39-40-42-44-46-48-50-52-54-56-58-60-64(68)65-62(61-66)63(67)59-57-55-53-51-49-47-45-43-41-22-20-18-16-14-12-10-8-6-4-2/h49,51,57,59,62-63,66-67H,3-48,50,52-56,58,60-61H2,1-2H3,(H,65,68)/b51-49+,59-57+. The van der Waals surface area contributed by atoms with Crippen molar-refractivity contribution in [3.05, 3.63) is 24.3 Å². The second-order valence-electron chi connectivity index (χ2n) is 21.8. The Morgan fingerprint density at radius 2 is 0.574 bits per heavy atom. The summed E-state index contributed by atoms with van der Waals surface area (Å²) in [5.41, 5.74) is 0. The summed E-state index contributed by atoms with van der Waals surface area (Å²) < 4.78 is 0. The molecule has 4 nitrogen and oxygen atoms in total. The summed E-state index contributed by atoms with van der Waals surface area (Å²) in [6.45, 7) is 4.34. The number of carbonyl (C=O) groups excluding carboxylic acids is 1. The van der Waals surface area contributed by atoms with Gasteiger partial charge in [-0.3, -0.25) is 4.79 Å². The number of aliphatic hydroxyl groups is 2. The van der Waals surface area contributed by atoms with Crippen molar-refractivity contribution in [2.24, 2.45) is 0 Å². The lowest BCUT2D eigenvalue weighted by Crippen LogP contribution is -2.45. The van der Waals surface area contributed by atoms with Gasteiger partial charge < -0.3 is 15.5 Å². The van der Waals surface area contributed by atoms with Crippen LogP contribution in [0.2, 0.25) is 0 Å². The van der Waals surface area contributed by atoms with E-state index < -0.39 is 12.1 Å². The monoisotopic (exact) mass is 956 g/mol. The summed E-state index contributed by atoms with van der Waals surface area (Å²) >= 11 is 0. The molecule has 0 aromatic heterocycles. The molecule has 404 valence electrons. The van der Waals surface area contributed by atoms with E-state index in [2.05, 4.69) is 31.3 Å². The molecule has 0 bridgehead atoms. The molecule has 1 amide bonds. The van der Waals surface area contributed by atoms with Crippen LogP contribution in [0.4, 0.5) is 0 Å². The third kappa shape index (κ3) is 55.8. The van der Waals surface area contributed by atoms with Gasteiger partial charge in [-0.25, -0.2) is 0 Å². The van der Waals surface area contributed by atoms with E-state index in [4.69, 9.17) is 0 Å². The lowest BCUT2D eigenvalue weighted by Gasteiger charge is -2.19. The highest BCUT2D eigenvalue weighted by molar-refractivity contribution is 5.76.